The van der Waals surface area contributed by atoms with Crippen molar-refractivity contribution in [1.29, 1.82) is 21.0 Å². The fourth-order valence-electron chi connectivity index (χ4n) is 13.6. The average Bonchev–Trinajstić information content (AvgIpc) is 1.41. The lowest BCUT2D eigenvalue weighted by Gasteiger charge is -2.24. The molecule has 39 heteroatoms. The molecular formula is C98H81ClN16O15S7. The number of carbonyl (C=O) groups is 6. The van der Waals surface area contributed by atoms with E-state index in [0.717, 1.165) is 124 Å². The molecule has 1 fully saturated rings. The molecule has 17 rings (SSSR count). The Hall–Kier alpha value is -14.8. The molecule has 7 aromatic carbocycles. The summed E-state index contributed by atoms with van der Waals surface area (Å²) in [6.07, 6.45) is 6.70. The molecule has 10 heterocycles. The number of anilines is 1. The average molecular weight is 1980 g/mol. The molecule has 1 saturated heterocycles. The first-order valence-electron chi connectivity index (χ1n) is 41.8. The topological polar surface area (TPSA) is 468 Å². The molecule has 0 spiro atoms. The van der Waals surface area contributed by atoms with E-state index in [2.05, 4.69) is 83.9 Å². The molecule has 4 aliphatic heterocycles. The van der Waals surface area contributed by atoms with Gasteiger partial charge in [0.25, 0.3) is 22.9 Å². The predicted molar refractivity (Wildman–Crippen MR) is 535 cm³/mol. The smallest absolute Gasteiger partial charge is 0.349 e. The number of pyridine rings is 2. The number of tetrazole rings is 1. The van der Waals surface area contributed by atoms with Gasteiger partial charge in [0.2, 0.25) is 0 Å². The van der Waals surface area contributed by atoms with E-state index >= 15 is 0 Å². The quantitative estimate of drug-likeness (QED) is 0.00659. The molecule has 0 saturated carbocycles. The number of aliphatic carboxylic acids is 1. The maximum absolute atomic E-state index is 12.6. The number of aromatic hydroxyl groups is 1. The molecule has 0 bridgehead atoms. The van der Waals surface area contributed by atoms with Crippen molar-refractivity contribution in [2.24, 2.45) is 9.98 Å². The van der Waals surface area contributed by atoms with Gasteiger partial charge in [-0.05, 0) is 155 Å². The van der Waals surface area contributed by atoms with Gasteiger partial charge in [-0.15, -0.1) is 28.6 Å². The number of nitrogens with one attached hydrogen (secondary N) is 4. The van der Waals surface area contributed by atoms with Crippen LogP contribution in [0.25, 0.3) is 56.4 Å². The highest BCUT2D eigenvalue weighted by molar-refractivity contribution is 8.26. The van der Waals surface area contributed by atoms with Crippen LogP contribution in [0.5, 0.6) is 5.75 Å². The number of aryl methyl sites for hydroxylation is 2. The second-order valence-electron chi connectivity index (χ2n) is 29.7. The summed E-state index contributed by atoms with van der Waals surface area (Å²) < 4.78 is 22.9. The molecule has 4 aliphatic rings. The number of ketones is 1. The Labute approximate surface area is 819 Å². The number of carboxylic acid groups (broad SMARTS) is 1. The van der Waals surface area contributed by atoms with Crippen molar-refractivity contribution in [1.82, 2.24) is 45.4 Å². The van der Waals surface area contributed by atoms with E-state index in [9.17, 15) is 69.1 Å². The number of rotatable bonds is 23. The van der Waals surface area contributed by atoms with Crippen LogP contribution in [0.2, 0.25) is 5.02 Å². The molecule has 31 nitrogen and oxygen atoms in total. The summed E-state index contributed by atoms with van der Waals surface area (Å²) in [5.41, 5.74) is 9.28. The molecule has 2 amide bonds. The van der Waals surface area contributed by atoms with Gasteiger partial charge >= 0.3 is 23.5 Å². The first-order chi connectivity index (χ1) is 66.1. The van der Waals surface area contributed by atoms with Gasteiger partial charge in [-0.1, -0.05) is 206 Å². The van der Waals surface area contributed by atoms with Crippen LogP contribution in [0, 0.1) is 52.2 Å². The molecule has 13 aromatic rings. The fourth-order valence-corrected chi connectivity index (χ4v) is 19.5. The van der Waals surface area contributed by atoms with Crippen LogP contribution in [-0.2, 0) is 54.0 Å². The van der Waals surface area contributed by atoms with Crippen LogP contribution < -0.4 is 37.8 Å². The Morgan fingerprint density at radius 2 is 1.53 bits per heavy atom. The lowest BCUT2D eigenvalue weighted by molar-refractivity contribution is -0.145. The van der Waals surface area contributed by atoms with Crippen molar-refractivity contribution in [3.8, 4) is 52.4 Å². The SMILES string of the molecule is CCCCn1nnnc1COC(=O)/C(C#N)=C/c1ccc(N(C)C)cc1.CCOC(=O)c1cc(C#N)c(SCC(=O)c2cc3ccccc3oc2=O)[nH]c1=O.CCSC1=C(C#N)C(=O)NC(c2ccc(O)cc2)S1.Cc1ccc2[nH]c3c(c2c1)=NCC(=S)N=3.N#Cc1c(-c2ccc(Cl)cc2)c2c([nH]c1=O)-c1ccccc1SC2.O=C(O)C(Cc1ccccc1)N1C(=O)/C(=C\c2ccco2)SC1=S. The van der Waals surface area contributed by atoms with Crippen LogP contribution in [-0.4, -0.2) is 140 Å². The van der Waals surface area contributed by atoms with Crippen molar-refractivity contribution in [3.05, 3.63) is 329 Å². The number of furan rings is 1. The minimum absolute atomic E-state index is 0.0102. The summed E-state index contributed by atoms with van der Waals surface area (Å²) in [4.78, 5) is 132. The zero-order valence-electron chi connectivity index (χ0n) is 73.7. The highest BCUT2D eigenvalue weighted by atomic mass is 35.5. The number of thiocarbonyl (C=S) groups is 2. The standard InChI is InChI=1S/C20H14N2O6S.C19H11ClN2OS.C18H22N6O2.C17H13NO4S2.C13H12N2O2S2.C11H9N3S/c1-2-27-19(25)14-8-12(9-21)18(22-17(14)24)29-10-15(23)13-7-11-5-3-4-6-16(11)28-20(13)26;20-12-7-5-11(6-8-12)17-14(9-21)19(23)22-18-13-3-1-2-4-16(13)24-10-15(17)18;1-4-5-10-24-17(20-21-22-24)13-26-18(25)15(12-19)11-14-6-8-16(9-7-14)23(2)3;19-15-14(10-12-7-4-8-22-12)24-17(23)18(15)13(16(20)21)9-11-5-2-1-3-6-11;1-2-18-13-10(7-14)11(17)15-12(19-13)8-3-5-9(16)6-4-8;1-6-2-3-8-7(4-6)10-11(13-8)14-9(15)5-12-10/h3-8H,2,10H2,1H3,(H,22,24);1-8H,10H2,(H,22,23);6-9,11H,4-5,10,13H2,1-3H3;1-8,10,13H,9H2,(H,20,21);3-6,12,16H,2H2,1H3,(H,15,17);2-4H,5H2,1H3,(H,13,14,15)/b;;15-11+;14-10+;;. The fraction of sp³-hybridized carbons (Fsp3) is 0.184. The van der Waals surface area contributed by atoms with E-state index in [1.54, 1.807) is 102 Å². The Kier molecular flexibility index (Phi) is 35.7. The van der Waals surface area contributed by atoms with E-state index in [-0.39, 0.29) is 90.7 Å². The number of phenols is 1. The van der Waals surface area contributed by atoms with Crippen LogP contribution in [0.4, 0.5) is 5.69 Å². The van der Waals surface area contributed by atoms with Crippen LogP contribution in [0.15, 0.2) is 264 Å². The molecular weight excluding hydrogens is 1900 g/mol. The van der Waals surface area contributed by atoms with Crippen molar-refractivity contribution in [2.75, 3.05) is 43.7 Å². The van der Waals surface area contributed by atoms with Crippen LogP contribution in [0.3, 0.4) is 0 Å². The zero-order valence-corrected chi connectivity index (χ0v) is 80.2. The molecule has 692 valence electrons. The van der Waals surface area contributed by atoms with E-state index in [1.165, 1.54) is 52.4 Å². The number of phenolic OH excluding ortho intramolecular Hbond substituents is 1. The Bertz CT molecular complexity index is 7400. The normalized spacial score (nSPS) is 13.7. The number of carboxylic acids is 1. The number of unbranched alkanes of at least 4 members (excludes halogenated alkanes) is 1. The van der Waals surface area contributed by atoms with Crippen molar-refractivity contribution < 1.29 is 57.3 Å². The minimum atomic E-state index is -1.09. The van der Waals surface area contributed by atoms with Gasteiger partial charge < -0.3 is 53.7 Å². The number of amides is 2. The number of esters is 2. The Balaban J connectivity index is 0.000000149. The van der Waals surface area contributed by atoms with E-state index in [4.69, 9.17) is 59.6 Å². The number of benzene rings is 7. The molecule has 0 radical (unpaired) electrons. The number of ether oxygens (including phenoxy) is 2. The maximum Gasteiger partial charge on any atom is 0.349 e. The van der Waals surface area contributed by atoms with Crippen LogP contribution >= 0.6 is 94.8 Å². The number of H-pyrrole nitrogens is 3. The zero-order chi connectivity index (χ0) is 97.9. The van der Waals surface area contributed by atoms with Crippen LogP contribution in [0.1, 0.15) is 110 Å². The van der Waals surface area contributed by atoms with Gasteiger partial charge in [0.05, 0.1) is 50.6 Å². The Morgan fingerprint density at radius 3 is 2.22 bits per heavy atom. The number of hydrogen-bond acceptors (Lipinski definition) is 30. The summed E-state index contributed by atoms with van der Waals surface area (Å²) in [6.45, 7) is 8.92. The second-order valence-corrected chi connectivity index (χ2v) is 37.0. The van der Waals surface area contributed by atoms with Crippen molar-refractivity contribution in [3.63, 3.8) is 0 Å². The summed E-state index contributed by atoms with van der Waals surface area (Å²) in [7, 11) is 3.88. The molecule has 0 aliphatic carbocycles. The summed E-state index contributed by atoms with van der Waals surface area (Å²) in [6, 6.07) is 64.3. The number of aromatic nitrogens is 7. The number of nitrogens with zero attached hydrogens (tertiary/aromatic N) is 12. The number of hydrogen-bond donors (Lipinski definition) is 6. The third-order valence-electron chi connectivity index (χ3n) is 20.3. The third-order valence-corrected chi connectivity index (χ3v) is 26.6. The number of para-hydroxylation sites is 1. The number of carbonyl (C=O) groups excluding carboxylic acids is 5. The van der Waals surface area contributed by atoms with Gasteiger partial charge in [0, 0.05) is 81.9 Å². The van der Waals surface area contributed by atoms with Gasteiger partial charge in [0.15, 0.2) is 23.7 Å². The number of halogens is 1. The summed E-state index contributed by atoms with van der Waals surface area (Å²) >= 11 is 22.9. The summed E-state index contributed by atoms with van der Waals surface area (Å²) in [5.74, 6) is -1.44. The molecule has 2 unspecified atom stereocenters. The lowest BCUT2D eigenvalue weighted by atomic mass is 9.93. The first kappa shape index (κ1) is 101. The number of nitriles is 4. The molecule has 6 aromatic heterocycles. The highest BCUT2D eigenvalue weighted by Crippen LogP contribution is 2.46. The van der Waals surface area contributed by atoms with Gasteiger partial charge in [-0.25, -0.2) is 28.9 Å². The highest BCUT2D eigenvalue weighted by Gasteiger charge is 2.41. The van der Waals surface area contributed by atoms with E-state index in [0.29, 0.717) is 61.9 Å². The molecule has 6 N–H and O–H groups in total. The first-order valence-corrected chi connectivity index (χ1v) is 47.7. The third kappa shape index (κ3) is 26.0. The Morgan fingerprint density at radius 1 is 0.796 bits per heavy atom. The monoisotopic (exact) mass is 1980 g/mol. The summed E-state index contributed by atoms with van der Waals surface area (Å²) in [5, 5.41) is 73.2. The van der Waals surface area contributed by atoms with E-state index in [1.807, 2.05) is 135 Å². The number of fused-ring (bicyclic) bond motifs is 7. The second kappa shape index (κ2) is 48.4. The van der Waals surface area contributed by atoms with Crippen molar-refractivity contribution in [2.45, 2.75) is 87.2 Å². The predicted octanol–water partition coefficient (Wildman–Crippen LogP) is 16.5. The van der Waals surface area contributed by atoms with Gasteiger partial charge in [-0.2, -0.15) is 21.0 Å². The number of Topliss-reactive ketones (excluding diaryl/α,β-unsaturated/α-hetero) is 1. The lowest BCUT2D eigenvalue weighted by Crippen LogP contribution is -2.45. The van der Waals surface area contributed by atoms with Gasteiger partial charge in [0.1, 0.15) is 95.3 Å². The molecule has 137 heavy (non-hydrogen) atoms. The van der Waals surface area contributed by atoms with E-state index < -0.39 is 46.8 Å². The molecule has 2 atom stereocenters. The minimum Gasteiger partial charge on any atom is -0.508 e. The van der Waals surface area contributed by atoms with Gasteiger partial charge in [-0.3, -0.25) is 33.9 Å². The number of aromatic amines is 3. The largest absolute Gasteiger partial charge is 0.508 e. The maximum atomic E-state index is 12.6. The van der Waals surface area contributed by atoms with Crippen molar-refractivity contribution >= 4 is 179 Å². The number of thioether (sulfide) groups is 5.